The van der Waals surface area contributed by atoms with Crippen molar-refractivity contribution in [3.8, 4) is 0 Å². The van der Waals surface area contributed by atoms with Gasteiger partial charge in [-0.05, 0) is 47.1 Å². The topological polar surface area (TPSA) is 64.4 Å². The summed E-state index contributed by atoms with van der Waals surface area (Å²) in [6.45, 7) is 2.73. The van der Waals surface area contributed by atoms with E-state index in [4.69, 9.17) is 9.72 Å². The van der Waals surface area contributed by atoms with Crippen LogP contribution in [0.1, 0.15) is 25.1 Å². The fourth-order valence-electron chi connectivity index (χ4n) is 3.69. The van der Waals surface area contributed by atoms with E-state index >= 15 is 0 Å². The van der Waals surface area contributed by atoms with E-state index in [9.17, 15) is 9.59 Å². The first-order valence-electron chi connectivity index (χ1n) is 9.24. The molecule has 28 heavy (non-hydrogen) atoms. The van der Waals surface area contributed by atoms with Crippen LogP contribution >= 0.6 is 15.9 Å². The van der Waals surface area contributed by atoms with Gasteiger partial charge in [0.2, 0.25) is 5.91 Å². The summed E-state index contributed by atoms with van der Waals surface area (Å²) >= 11 is 3.53. The Morgan fingerprint density at radius 3 is 2.75 bits per heavy atom. The summed E-state index contributed by atoms with van der Waals surface area (Å²) in [6, 6.07) is 15.4. The second kappa shape index (κ2) is 7.75. The number of para-hydroxylation sites is 3. The van der Waals surface area contributed by atoms with E-state index in [1.165, 1.54) is 0 Å². The van der Waals surface area contributed by atoms with Gasteiger partial charge in [-0.1, -0.05) is 24.3 Å². The average molecular weight is 442 g/mol. The number of amides is 1. The molecular formula is C21H20BrN3O3. The Balaban J connectivity index is 1.70. The Morgan fingerprint density at radius 1 is 1.21 bits per heavy atom. The largest absolute Gasteiger partial charge is 0.465 e. The molecule has 1 fully saturated rings. The summed E-state index contributed by atoms with van der Waals surface area (Å²) in [5.74, 6) is 0.393. The predicted octanol–water partition coefficient (Wildman–Crippen LogP) is 3.88. The number of imidazole rings is 1. The summed E-state index contributed by atoms with van der Waals surface area (Å²) in [5, 5.41) is 0. The fourth-order valence-corrected chi connectivity index (χ4v) is 4.19. The highest BCUT2D eigenvalue weighted by atomic mass is 79.9. The van der Waals surface area contributed by atoms with Crippen molar-refractivity contribution < 1.29 is 14.3 Å². The minimum Gasteiger partial charge on any atom is -0.465 e. The van der Waals surface area contributed by atoms with E-state index in [1.807, 2.05) is 53.1 Å². The first kappa shape index (κ1) is 18.7. The normalized spacial score (nSPS) is 16.7. The number of rotatable bonds is 5. The standard InChI is InChI=1S/C21H20BrN3O3/c1-2-28-20(27)13-25-18-10-6-4-8-16(18)23-21(25)14-11-19(26)24(12-14)17-9-5-3-7-15(17)22/h3-10,14H,2,11-13H2,1H3. The van der Waals surface area contributed by atoms with Crippen molar-refractivity contribution in [1.29, 1.82) is 0 Å². The lowest BCUT2D eigenvalue weighted by Crippen LogP contribution is -2.25. The molecule has 7 heteroatoms. The molecule has 2 aromatic carbocycles. The Kier molecular flexibility index (Phi) is 5.17. The van der Waals surface area contributed by atoms with Crippen LogP contribution in [0.4, 0.5) is 5.69 Å². The molecule has 2 heterocycles. The number of benzene rings is 2. The monoisotopic (exact) mass is 441 g/mol. The Hall–Kier alpha value is -2.67. The number of fused-ring (bicyclic) bond motifs is 1. The smallest absolute Gasteiger partial charge is 0.326 e. The van der Waals surface area contributed by atoms with Gasteiger partial charge in [0.15, 0.2) is 0 Å². The van der Waals surface area contributed by atoms with Crippen LogP contribution in [0.3, 0.4) is 0 Å². The zero-order valence-corrected chi connectivity index (χ0v) is 17.1. The van der Waals surface area contributed by atoms with Crippen LogP contribution in [0.5, 0.6) is 0 Å². The molecule has 1 unspecified atom stereocenters. The number of anilines is 1. The maximum atomic E-state index is 12.7. The maximum Gasteiger partial charge on any atom is 0.326 e. The molecule has 144 valence electrons. The van der Waals surface area contributed by atoms with Crippen LogP contribution in [0.15, 0.2) is 53.0 Å². The Morgan fingerprint density at radius 2 is 1.96 bits per heavy atom. The highest BCUT2D eigenvalue weighted by molar-refractivity contribution is 9.10. The molecule has 0 N–H and O–H groups in total. The second-order valence-corrected chi connectivity index (χ2v) is 7.56. The summed E-state index contributed by atoms with van der Waals surface area (Å²) in [6.07, 6.45) is 0.355. The third-order valence-electron chi connectivity index (χ3n) is 4.91. The highest BCUT2D eigenvalue weighted by Crippen LogP contribution is 2.36. The first-order valence-corrected chi connectivity index (χ1v) is 10.0. The van der Waals surface area contributed by atoms with Crippen molar-refractivity contribution in [2.45, 2.75) is 25.8 Å². The predicted molar refractivity (Wildman–Crippen MR) is 110 cm³/mol. The quantitative estimate of drug-likeness (QED) is 0.563. The number of hydrogen-bond acceptors (Lipinski definition) is 4. The molecule has 1 aromatic heterocycles. The van der Waals surface area contributed by atoms with Gasteiger partial charge in [-0.3, -0.25) is 9.59 Å². The van der Waals surface area contributed by atoms with Gasteiger partial charge >= 0.3 is 5.97 Å². The van der Waals surface area contributed by atoms with Crippen LogP contribution < -0.4 is 4.90 Å². The highest BCUT2D eigenvalue weighted by Gasteiger charge is 2.35. The number of ether oxygens (including phenoxy) is 1. The van der Waals surface area contributed by atoms with E-state index in [2.05, 4.69) is 15.9 Å². The third-order valence-corrected chi connectivity index (χ3v) is 5.58. The third kappa shape index (κ3) is 3.42. The summed E-state index contributed by atoms with van der Waals surface area (Å²) in [7, 11) is 0. The Bertz CT molecular complexity index is 1050. The second-order valence-electron chi connectivity index (χ2n) is 6.71. The maximum absolute atomic E-state index is 12.7. The molecule has 1 atom stereocenters. The van der Waals surface area contributed by atoms with Crippen LogP contribution in [0, 0.1) is 0 Å². The number of hydrogen-bond donors (Lipinski definition) is 0. The van der Waals surface area contributed by atoms with Gasteiger partial charge in [-0.15, -0.1) is 0 Å². The van der Waals surface area contributed by atoms with Crippen molar-refractivity contribution in [2.24, 2.45) is 0 Å². The Labute approximate surface area is 171 Å². The number of esters is 1. The number of aromatic nitrogens is 2. The molecule has 1 saturated heterocycles. The van der Waals surface area contributed by atoms with Crippen molar-refractivity contribution in [1.82, 2.24) is 9.55 Å². The van der Waals surface area contributed by atoms with Crippen LogP contribution in [-0.4, -0.2) is 34.6 Å². The molecule has 4 rings (SSSR count). The molecule has 1 aliphatic heterocycles. The van der Waals surface area contributed by atoms with Gasteiger partial charge in [-0.25, -0.2) is 4.98 Å². The van der Waals surface area contributed by atoms with Gasteiger partial charge < -0.3 is 14.2 Å². The van der Waals surface area contributed by atoms with Gasteiger partial charge in [0.25, 0.3) is 0 Å². The number of carbonyl (C=O) groups excluding carboxylic acids is 2. The van der Waals surface area contributed by atoms with E-state index in [1.54, 1.807) is 11.8 Å². The minimum atomic E-state index is -0.307. The summed E-state index contributed by atoms with van der Waals surface area (Å²) < 4.78 is 7.90. The molecule has 1 aliphatic rings. The number of nitrogens with zero attached hydrogens (tertiary/aromatic N) is 3. The molecule has 0 spiro atoms. The lowest BCUT2D eigenvalue weighted by atomic mass is 10.1. The van der Waals surface area contributed by atoms with Crippen molar-refractivity contribution in [3.63, 3.8) is 0 Å². The number of halogens is 1. The first-order chi connectivity index (χ1) is 13.6. The van der Waals surface area contributed by atoms with Gasteiger partial charge in [0, 0.05) is 23.4 Å². The molecule has 6 nitrogen and oxygen atoms in total. The van der Waals surface area contributed by atoms with Crippen LogP contribution in [0.25, 0.3) is 11.0 Å². The lowest BCUT2D eigenvalue weighted by molar-refractivity contribution is -0.143. The van der Waals surface area contributed by atoms with E-state index < -0.39 is 0 Å². The molecular weight excluding hydrogens is 422 g/mol. The van der Waals surface area contributed by atoms with Gasteiger partial charge in [0.1, 0.15) is 12.4 Å². The molecule has 0 aliphatic carbocycles. The minimum absolute atomic E-state index is 0.0478. The van der Waals surface area contributed by atoms with E-state index in [0.29, 0.717) is 19.6 Å². The average Bonchev–Trinajstić information content (AvgIpc) is 3.23. The molecule has 1 amide bonds. The summed E-state index contributed by atoms with van der Waals surface area (Å²) in [5.41, 5.74) is 2.54. The van der Waals surface area contributed by atoms with Crippen LogP contribution in [0.2, 0.25) is 0 Å². The number of carbonyl (C=O) groups is 2. The molecule has 0 bridgehead atoms. The van der Waals surface area contributed by atoms with Crippen molar-refractivity contribution >= 4 is 44.5 Å². The van der Waals surface area contributed by atoms with E-state index in [-0.39, 0.29) is 24.3 Å². The zero-order chi connectivity index (χ0) is 19.7. The van der Waals surface area contributed by atoms with Crippen molar-refractivity contribution in [3.05, 3.63) is 58.8 Å². The fraction of sp³-hybridized carbons (Fsp3) is 0.286. The van der Waals surface area contributed by atoms with Crippen molar-refractivity contribution in [2.75, 3.05) is 18.1 Å². The summed E-state index contributed by atoms with van der Waals surface area (Å²) in [4.78, 5) is 31.4. The lowest BCUT2D eigenvalue weighted by Gasteiger charge is -2.18. The van der Waals surface area contributed by atoms with Gasteiger partial charge in [0.05, 0.1) is 23.3 Å². The molecule has 3 aromatic rings. The molecule has 0 radical (unpaired) electrons. The van der Waals surface area contributed by atoms with E-state index in [0.717, 1.165) is 27.0 Å². The van der Waals surface area contributed by atoms with Crippen LogP contribution in [-0.2, 0) is 20.9 Å². The zero-order valence-electron chi connectivity index (χ0n) is 15.5. The molecule has 0 saturated carbocycles. The SMILES string of the molecule is CCOC(=O)Cn1c(C2CC(=O)N(c3ccccc3Br)C2)nc2ccccc21. The van der Waals surface area contributed by atoms with Gasteiger partial charge in [-0.2, -0.15) is 0 Å².